The van der Waals surface area contributed by atoms with E-state index in [2.05, 4.69) is 4.89 Å². The summed E-state index contributed by atoms with van der Waals surface area (Å²) in [4.78, 5) is 48.0. The minimum absolute atomic E-state index is 0.522. The van der Waals surface area contributed by atoms with Gasteiger partial charge in [0.15, 0.2) is 57.8 Å². The Labute approximate surface area is 259 Å². The van der Waals surface area contributed by atoms with Crippen molar-refractivity contribution in [1.82, 2.24) is 0 Å². The molecule has 2 aliphatic rings. The van der Waals surface area contributed by atoms with Crippen LogP contribution in [0.5, 0.6) is 51.7 Å². The summed E-state index contributed by atoms with van der Waals surface area (Å²) in [7, 11) is 0. The Bertz CT molecular complexity index is 1720. The minimum Gasteiger partial charge on any atom is -0.504 e. The average Bonchev–Trinajstić information content (AvgIpc) is 3.02. The number of esters is 3. The first-order valence-electron chi connectivity index (χ1n) is 12.8. The second-order valence-electron chi connectivity index (χ2n) is 9.97. The molecule has 3 aromatic carbocycles. The van der Waals surface area contributed by atoms with Crippen LogP contribution >= 0.6 is 0 Å². The van der Waals surface area contributed by atoms with Gasteiger partial charge >= 0.3 is 29.7 Å². The molecule has 0 bridgehead atoms. The summed E-state index contributed by atoms with van der Waals surface area (Å²) < 4.78 is 20.7. The molecule has 5 atom stereocenters. The topological polar surface area (TPSA) is 329 Å². The Balaban J connectivity index is 1.46. The van der Waals surface area contributed by atoms with Gasteiger partial charge in [-0.25, -0.2) is 14.4 Å². The molecular weight excluding hydrogens is 644 g/mol. The SMILES string of the molecule is O=C(OC[C@H]1O[C@@]2(OC(=O)c3cc(O)c(O)c(O)c3)OO[C@]2(O)[C@@H](OC(=O)c2cc(O)c(O)c(O)c2)[C@@H]1O)c1cc(O)c(O)c(O)c1. The predicted molar refractivity (Wildman–Crippen MR) is 140 cm³/mol. The number of phenols is 9. The monoisotopic (exact) mass is 666 g/mol. The number of fused-ring (bicyclic) bond motifs is 1. The smallest absolute Gasteiger partial charge is 0.420 e. The van der Waals surface area contributed by atoms with Crippen LogP contribution in [0, 0.1) is 0 Å². The lowest BCUT2D eigenvalue weighted by Gasteiger charge is -2.57. The third kappa shape index (κ3) is 5.47. The Morgan fingerprint density at radius 3 is 1.45 bits per heavy atom. The zero-order valence-electron chi connectivity index (χ0n) is 23.0. The number of phenolic OH excluding ortho intramolecular Hbond substituents is 9. The van der Waals surface area contributed by atoms with Gasteiger partial charge in [0.1, 0.15) is 18.8 Å². The molecule has 47 heavy (non-hydrogen) atoms. The third-order valence-electron chi connectivity index (χ3n) is 6.86. The molecule has 3 aromatic rings. The van der Waals surface area contributed by atoms with Crippen molar-refractivity contribution in [2.75, 3.05) is 6.61 Å². The van der Waals surface area contributed by atoms with Crippen LogP contribution < -0.4 is 0 Å². The number of hydrogen-bond donors (Lipinski definition) is 11. The lowest BCUT2D eigenvalue weighted by molar-refractivity contribution is -0.726. The molecular formula is C27H22O20. The van der Waals surface area contributed by atoms with Gasteiger partial charge in [-0.1, -0.05) is 0 Å². The van der Waals surface area contributed by atoms with Crippen LogP contribution in [0.15, 0.2) is 36.4 Å². The van der Waals surface area contributed by atoms with E-state index in [1.165, 1.54) is 0 Å². The van der Waals surface area contributed by atoms with Crippen LogP contribution in [0.25, 0.3) is 0 Å². The quantitative estimate of drug-likeness (QED) is 0.0645. The highest BCUT2D eigenvalue weighted by Crippen LogP contribution is 2.51. The van der Waals surface area contributed by atoms with Crippen molar-refractivity contribution in [2.45, 2.75) is 30.1 Å². The molecule has 0 spiro atoms. The number of aromatic hydroxyl groups is 9. The highest BCUT2D eigenvalue weighted by molar-refractivity contribution is 5.92. The molecule has 0 amide bonds. The summed E-state index contributed by atoms with van der Waals surface area (Å²) in [5.74, 6) is -19.5. The van der Waals surface area contributed by atoms with E-state index in [4.69, 9.17) is 23.8 Å². The van der Waals surface area contributed by atoms with Gasteiger partial charge < -0.3 is 75.1 Å². The first-order valence-corrected chi connectivity index (χ1v) is 12.8. The van der Waals surface area contributed by atoms with Crippen molar-refractivity contribution in [2.24, 2.45) is 0 Å². The van der Waals surface area contributed by atoms with Crippen molar-refractivity contribution in [3.05, 3.63) is 53.1 Å². The van der Waals surface area contributed by atoms with Gasteiger partial charge in [-0.15, -0.1) is 0 Å². The third-order valence-corrected chi connectivity index (χ3v) is 6.86. The maximum Gasteiger partial charge on any atom is 0.420 e. The predicted octanol–water partition coefficient (Wildman–Crippen LogP) is -0.660. The standard InChI is InChI=1S/C27H22O20/c28-11-1-8(2-12(29)18(11)34)23(38)42-7-17-21(37)22(43-24(39)9-3-13(30)19(35)14(31)4-9)26(41)27(44-17,47-46-26)45-25(40)10-5-15(32)20(36)16(33)6-10/h1-6,17,21-22,28-37,41H,7H2/t17-,21-,22+,26-,27+/m1/s1. The first kappa shape index (κ1) is 32.5. The Kier molecular flexibility index (Phi) is 7.91. The van der Waals surface area contributed by atoms with Crippen LogP contribution in [0.3, 0.4) is 0 Å². The molecule has 2 fully saturated rings. The Morgan fingerprint density at radius 1 is 0.638 bits per heavy atom. The molecule has 250 valence electrons. The van der Waals surface area contributed by atoms with Gasteiger partial charge in [-0.2, -0.15) is 9.78 Å². The first-order chi connectivity index (χ1) is 22.0. The van der Waals surface area contributed by atoms with Crippen molar-refractivity contribution in [3.8, 4) is 51.7 Å². The van der Waals surface area contributed by atoms with Crippen molar-refractivity contribution in [1.29, 1.82) is 0 Å². The van der Waals surface area contributed by atoms with Crippen LogP contribution in [0.1, 0.15) is 31.1 Å². The van der Waals surface area contributed by atoms with E-state index in [0.29, 0.717) is 36.4 Å². The van der Waals surface area contributed by atoms with E-state index in [-0.39, 0.29) is 0 Å². The molecule has 0 aromatic heterocycles. The van der Waals surface area contributed by atoms with Gasteiger partial charge in [0.2, 0.25) is 0 Å². The molecule has 0 radical (unpaired) electrons. The van der Waals surface area contributed by atoms with Crippen molar-refractivity contribution >= 4 is 17.9 Å². The Morgan fingerprint density at radius 2 is 1.04 bits per heavy atom. The zero-order valence-corrected chi connectivity index (χ0v) is 23.0. The number of hydrogen-bond acceptors (Lipinski definition) is 20. The molecule has 0 unspecified atom stereocenters. The molecule has 20 nitrogen and oxygen atoms in total. The number of carbonyl (C=O) groups is 3. The molecule has 2 aliphatic heterocycles. The number of rotatable bonds is 7. The lowest BCUT2D eigenvalue weighted by Crippen LogP contribution is -2.82. The van der Waals surface area contributed by atoms with E-state index in [0.717, 1.165) is 0 Å². The van der Waals surface area contributed by atoms with E-state index in [9.17, 15) is 70.6 Å². The fourth-order valence-corrected chi connectivity index (χ4v) is 4.38. The lowest BCUT2D eigenvalue weighted by atomic mass is 9.92. The highest BCUT2D eigenvalue weighted by Gasteiger charge is 2.80. The maximum absolute atomic E-state index is 13.0. The molecule has 5 rings (SSSR count). The maximum atomic E-state index is 13.0. The minimum atomic E-state index is -3.24. The second-order valence-corrected chi connectivity index (χ2v) is 9.97. The van der Waals surface area contributed by atoms with Gasteiger partial charge in [0.25, 0.3) is 0 Å². The van der Waals surface area contributed by atoms with Gasteiger partial charge in [-0.05, 0) is 36.4 Å². The van der Waals surface area contributed by atoms with E-state index < -0.39 is 123 Å². The Hall–Kier alpha value is -5.93. The molecule has 0 aliphatic carbocycles. The summed E-state index contributed by atoms with van der Waals surface area (Å²) in [6, 6.07) is 3.90. The molecule has 11 N–H and O–H groups in total. The number of carbonyl (C=O) groups excluding carboxylic acids is 3. The van der Waals surface area contributed by atoms with E-state index in [1.54, 1.807) is 0 Å². The number of aliphatic hydroxyl groups excluding tert-OH is 1. The van der Waals surface area contributed by atoms with E-state index >= 15 is 0 Å². The molecule has 0 saturated carbocycles. The summed E-state index contributed by atoms with van der Waals surface area (Å²) in [6.07, 6.45) is -6.61. The number of aliphatic hydroxyl groups is 2. The van der Waals surface area contributed by atoms with Gasteiger partial charge in [0, 0.05) is 0 Å². The summed E-state index contributed by atoms with van der Waals surface area (Å²) >= 11 is 0. The zero-order chi connectivity index (χ0) is 34.6. The second kappa shape index (κ2) is 11.5. The van der Waals surface area contributed by atoms with E-state index in [1.807, 2.05) is 0 Å². The highest BCUT2D eigenvalue weighted by atomic mass is 17.3. The van der Waals surface area contributed by atoms with Crippen LogP contribution in [0.2, 0.25) is 0 Å². The van der Waals surface area contributed by atoms with Crippen LogP contribution in [-0.2, 0) is 28.7 Å². The van der Waals surface area contributed by atoms with Crippen molar-refractivity contribution < 1.29 is 99.3 Å². The fourth-order valence-electron chi connectivity index (χ4n) is 4.38. The molecule has 20 heteroatoms. The largest absolute Gasteiger partial charge is 0.504 e. The summed E-state index contributed by atoms with van der Waals surface area (Å²) in [5.41, 5.74) is -1.86. The normalized spacial score (nSPS) is 24.8. The van der Waals surface area contributed by atoms with Gasteiger partial charge in [0.05, 0.1) is 16.7 Å². The van der Waals surface area contributed by atoms with Crippen LogP contribution in [0.4, 0.5) is 0 Å². The summed E-state index contributed by atoms with van der Waals surface area (Å²) in [5, 5.41) is 109. The van der Waals surface area contributed by atoms with Crippen LogP contribution in [-0.4, -0.2) is 111 Å². The number of ether oxygens (including phenoxy) is 4. The van der Waals surface area contributed by atoms with Crippen molar-refractivity contribution in [3.63, 3.8) is 0 Å². The average molecular weight is 666 g/mol. The van der Waals surface area contributed by atoms with Gasteiger partial charge in [-0.3, -0.25) is 0 Å². The molecule has 2 saturated heterocycles. The molecule has 2 heterocycles. The fraction of sp³-hybridized carbons (Fsp3) is 0.222. The summed E-state index contributed by atoms with van der Waals surface area (Å²) in [6.45, 7) is -1.04. The number of benzene rings is 3.